The van der Waals surface area contributed by atoms with Crippen molar-refractivity contribution in [2.24, 2.45) is 0 Å². The van der Waals surface area contributed by atoms with Crippen molar-refractivity contribution < 1.29 is 18.9 Å². The summed E-state index contributed by atoms with van der Waals surface area (Å²) in [6.45, 7) is 0.981. The lowest BCUT2D eigenvalue weighted by molar-refractivity contribution is 0.106. The molecule has 0 aliphatic carbocycles. The van der Waals surface area contributed by atoms with Crippen molar-refractivity contribution in [3.63, 3.8) is 0 Å². The molecule has 0 radical (unpaired) electrons. The third-order valence-corrected chi connectivity index (χ3v) is 4.75. The van der Waals surface area contributed by atoms with E-state index in [4.69, 9.17) is 65.4 Å². The molecule has 0 N–H and O–H groups in total. The predicted molar refractivity (Wildman–Crippen MR) is 104 cm³/mol. The number of fused-ring (bicyclic) bond motifs is 2. The van der Waals surface area contributed by atoms with Crippen LogP contribution in [0.3, 0.4) is 0 Å². The van der Waals surface area contributed by atoms with Gasteiger partial charge >= 0.3 is 0 Å². The fraction of sp³-hybridized carbons (Fsp3) is 0.333. The zero-order valence-electron chi connectivity index (χ0n) is 13.6. The van der Waals surface area contributed by atoms with Gasteiger partial charge in [-0.3, -0.25) is 0 Å². The van der Waals surface area contributed by atoms with Crippen LogP contribution in [0.15, 0.2) is 36.4 Å². The fourth-order valence-corrected chi connectivity index (χ4v) is 2.96. The minimum Gasteiger partial charge on any atom is -0.486 e. The van der Waals surface area contributed by atoms with Gasteiger partial charge in [0.15, 0.2) is 23.0 Å². The summed E-state index contributed by atoms with van der Waals surface area (Å²) in [6, 6.07) is 10.6. The van der Waals surface area contributed by atoms with Crippen molar-refractivity contribution in [1.82, 2.24) is 0 Å². The predicted octanol–water partition coefficient (Wildman–Crippen LogP) is 5.44. The highest BCUT2D eigenvalue weighted by atomic mass is 35.5. The van der Waals surface area contributed by atoms with Crippen LogP contribution in [0.1, 0.15) is 0 Å². The second kappa shape index (κ2) is 9.14. The Kier molecular flexibility index (Phi) is 6.87. The first-order valence-corrected chi connectivity index (χ1v) is 9.71. The van der Waals surface area contributed by atoms with Crippen LogP contribution in [0, 0.1) is 0 Å². The maximum atomic E-state index is 5.80. The van der Waals surface area contributed by atoms with Gasteiger partial charge in [0, 0.05) is 22.2 Å². The Hall–Kier alpha value is -1.20. The molecule has 0 spiro atoms. The van der Waals surface area contributed by atoms with Gasteiger partial charge in [-0.15, -0.1) is 23.2 Å². The monoisotopic (exact) mass is 436 g/mol. The van der Waals surface area contributed by atoms with E-state index in [2.05, 4.69) is 0 Å². The average molecular weight is 438 g/mol. The molecule has 4 nitrogen and oxygen atoms in total. The lowest BCUT2D eigenvalue weighted by atomic mass is 10.3. The van der Waals surface area contributed by atoms with Crippen LogP contribution in [0.5, 0.6) is 23.0 Å². The zero-order chi connectivity index (χ0) is 18.5. The molecule has 2 heterocycles. The Morgan fingerprint density at radius 1 is 0.692 bits per heavy atom. The lowest BCUT2D eigenvalue weighted by Crippen LogP contribution is -2.30. The Balaban J connectivity index is 0.000000151. The number of ether oxygens (including phenoxy) is 4. The molecule has 8 heteroatoms. The third kappa shape index (κ3) is 4.95. The molecular formula is C18H16Cl4O4. The van der Waals surface area contributed by atoms with E-state index in [0.29, 0.717) is 52.3 Å². The van der Waals surface area contributed by atoms with E-state index in [0.717, 1.165) is 5.75 Å². The Morgan fingerprint density at radius 2 is 1.19 bits per heavy atom. The van der Waals surface area contributed by atoms with Crippen molar-refractivity contribution in [3.05, 3.63) is 46.4 Å². The smallest absolute Gasteiger partial charge is 0.163 e. The summed E-state index contributed by atoms with van der Waals surface area (Å²) in [5, 5.41) is 1.28. The van der Waals surface area contributed by atoms with Gasteiger partial charge in [0.1, 0.15) is 25.4 Å². The van der Waals surface area contributed by atoms with E-state index in [1.165, 1.54) is 0 Å². The van der Waals surface area contributed by atoms with E-state index in [-0.39, 0.29) is 12.2 Å². The molecule has 2 atom stereocenters. The minimum absolute atomic E-state index is 0.0599. The van der Waals surface area contributed by atoms with Crippen molar-refractivity contribution in [2.45, 2.75) is 12.2 Å². The molecule has 0 saturated heterocycles. The molecule has 140 valence electrons. The van der Waals surface area contributed by atoms with Gasteiger partial charge in [0.05, 0.1) is 11.8 Å². The topological polar surface area (TPSA) is 36.9 Å². The number of alkyl halides is 2. The average Bonchev–Trinajstić information content (AvgIpc) is 2.67. The Labute approximate surface area is 171 Å². The van der Waals surface area contributed by atoms with E-state index in [1.54, 1.807) is 36.4 Å². The van der Waals surface area contributed by atoms with Gasteiger partial charge in [-0.25, -0.2) is 0 Å². The molecule has 0 bridgehead atoms. The summed E-state index contributed by atoms with van der Waals surface area (Å²) < 4.78 is 21.9. The first kappa shape index (κ1) is 19.6. The van der Waals surface area contributed by atoms with Crippen LogP contribution in [0.25, 0.3) is 0 Å². The van der Waals surface area contributed by atoms with Crippen LogP contribution in [0.2, 0.25) is 10.0 Å². The van der Waals surface area contributed by atoms with E-state index >= 15 is 0 Å². The molecule has 0 amide bonds. The number of rotatable bonds is 2. The van der Waals surface area contributed by atoms with Crippen LogP contribution >= 0.6 is 46.4 Å². The van der Waals surface area contributed by atoms with Crippen molar-refractivity contribution in [1.29, 1.82) is 0 Å². The number of halogens is 4. The molecule has 2 aliphatic rings. The van der Waals surface area contributed by atoms with Crippen LogP contribution in [-0.4, -0.2) is 37.2 Å². The van der Waals surface area contributed by atoms with E-state index in [1.807, 2.05) is 0 Å². The minimum atomic E-state index is -0.0763. The van der Waals surface area contributed by atoms with Crippen molar-refractivity contribution in [3.8, 4) is 23.0 Å². The highest BCUT2D eigenvalue weighted by molar-refractivity contribution is 6.31. The summed E-state index contributed by atoms with van der Waals surface area (Å²) in [5.74, 6) is 3.65. The standard InChI is InChI=1S/2C9H8Cl2O2/c10-4-7-5-12-9-3-6(11)1-2-8(9)13-7;10-4-7-5-12-8-2-1-6(11)3-9(8)13-7/h2*1-3,7H,4-5H2. The molecule has 26 heavy (non-hydrogen) atoms. The molecular weight excluding hydrogens is 422 g/mol. The van der Waals surface area contributed by atoms with E-state index < -0.39 is 0 Å². The molecule has 2 aliphatic heterocycles. The second-order valence-electron chi connectivity index (χ2n) is 5.59. The fourth-order valence-electron chi connectivity index (χ4n) is 2.33. The van der Waals surface area contributed by atoms with Gasteiger partial charge in [-0.05, 0) is 24.3 Å². The molecule has 0 aromatic heterocycles. The first-order valence-electron chi connectivity index (χ1n) is 7.89. The maximum absolute atomic E-state index is 5.80. The normalized spacial score (nSPS) is 20.0. The van der Waals surface area contributed by atoms with Crippen LogP contribution in [-0.2, 0) is 0 Å². The molecule has 0 fully saturated rings. The number of benzene rings is 2. The lowest BCUT2D eigenvalue weighted by Gasteiger charge is -2.24. The van der Waals surface area contributed by atoms with Gasteiger partial charge in [0.2, 0.25) is 0 Å². The van der Waals surface area contributed by atoms with Crippen molar-refractivity contribution >= 4 is 46.4 Å². The molecule has 2 aromatic carbocycles. The molecule has 4 rings (SSSR count). The summed E-state index contributed by atoms with van der Waals surface area (Å²) in [5.41, 5.74) is 0. The summed E-state index contributed by atoms with van der Waals surface area (Å²) in [6.07, 6.45) is -0.136. The summed E-state index contributed by atoms with van der Waals surface area (Å²) >= 11 is 22.9. The van der Waals surface area contributed by atoms with Crippen molar-refractivity contribution in [2.75, 3.05) is 25.0 Å². The van der Waals surface area contributed by atoms with Gasteiger partial charge in [-0.2, -0.15) is 0 Å². The highest BCUT2D eigenvalue weighted by Crippen LogP contribution is 2.35. The number of hydrogen-bond acceptors (Lipinski definition) is 4. The highest BCUT2D eigenvalue weighted by Gasteiger charge is 2.20. The summed E-state index contributed by atoms with van der Waals surface area (Å²) in [4.78, 5) is 0. The number of hydrogen-bond donors (Lipinski definition) is 0. The SMILES string of the molecule is ClCC1COc2cc(Cl)ccc2O1.ClCC1COc2ccc(Cl)cc2O1. The first-order chi connectivity index (χ1) is 12.6. The van der Waals surface area contributed by atoms with Gasteiger partial charge in [0.25, 0.3) is 0 Å². The Morgan fingerprint density at radius 3 is 1.81 bits per heavy atom. The van der Waals surface area contributed by atoms with Gasteiger partial charge < -0.3 is 18.9 Å². The molecule has 0 saturated carbocycles. The molecule has 2 aromatic rings. The molecule has 2 unspecified atom stereocenters. The third-order valence-electron chi connectivity index (χ3n) is 3.59. The maximum Gasteiger partial charge on any atom is 0.163 e. The second-order valence-corrected chi connectivity index (χ2v) is 7.08. The zero-order valence-corrected chi connectivity index (χ0v) is 16.6. The van der Waals surface area contributed by atoms with E-state index in [9.17, 15) is 0 Å². The van der Waals surface area contributed by atoms with Crippen LogP contribution < -0.4 is 18.9 Å². The van der Waals surface area contributed by atoms with Gasteiger partial charge in [-0.1, -0.05) is 23.2 Å². The quantitative estimate of drug-likeness (QED) is 0.586. The Bertz CT molecular complexity index is 756. The van der Waals surface area contributed by atoms with Crippen LogP contribution in [0.4, 0.5) is 0 Å². The largest absolute Gasteiger partial charge is 0.486 e. The summed E-state index contributed by atoms with van der Waals surface area (Å²) in [7, 11) is 0.